The lowest BCUT2D eigenvalue weighted by atomic mass is 10.2. The highest BCUT2D eigenvalue weighted by atomic mass is 32.2. The lowest BCUT2D eigenvalue weighted by Crippen LogP contribution is -2.47. The second kappa shape index (κ2) is 6.03. The minimum absolute atomic E-state index is 0.582. The van der Waals surface area contributed by atoms with E-state index in [2.05, 4.69) is 0 Å². The molecule has 0 aliphatic heterocycles. The second-order valence-electron chi connectivity index (χ2n) is 4.09. The maximum absolute atomic E-state index is 11.9. The van der Waals surface area contributed by atoms with E-state index in [9.17, 15) is 33.5 Å². The van der Waals surface area contributed by atoms with Crippen LogP contribution in [0, 0.1) is 10.1 Å². The van der Waals surface area contributed by atoms with Gasteiger partial charge in [-0.3, -0.25) is 14.9 Å². The fraction of sp³-hybridized carbons (Fsp3) is 0.300. The number of aliphatic hydroxyl groups excluding tert-OH is 1. The number of nitro benzene ring substituents is 1. The highest BCUT2D eigenvalue weighted by molar-refractivity contribution is 7.89. The Labute approximate surface area is 118 Å². The van der Waals surface area contributed by atoms with Crippen molar-refractivity contribution in [3.63, 3.8) is 0 Å². The number of carbonyl (C=O) groups is 1. The number of nitrogens with one attached hydrogen (secondary N) is 1. The smallest absolute Gasteiger partial charge is 0.324 e. The van der Waals surface area contributed by atoms with Gasteiger partial charge in [0.2, 0.25) is 10.0 Å². The van der Waals surface area contributed by atoms with Crippen molar-refractivity contribution in [3.8, 4) is 5.75 Å². The molecule has 0 amide bonds. The molecule has 0 bridgehead atoms. The van der Waals surface area contributed by atoms with Gasteiger partial charge in [0.1, 0.15) is 6.04 Å². The normalized spacial score (nSPS) is 14.4. The summed E-state index contributed by atoms with van der Waals surface area (Å²) in [6, 6.07) is 0.428. The maximum Gasteiger partial charge on any atom is 0.324 e. The fourth-order valence-electron chi connectivity index (χ4n) is 1.41. The molecular weight excluding hydrogens is 308 g/mol. The van der Waals surface area contributed by atoms with Gasteiger partial charge in [-0.15, -0.1) is 0 Å². The zero-order valence-corrected chi connectivity index (χ0v) is 11.4. The Morgan fingerprint density at radius 3 is 2.43 bits per heavy atom. The Hall–Kier alpha value is -2.24. The van der Waals surface area contributed by atoms with Gasteiger partial charge >= 0.3 is 11.7 Å². The molecule has 0 saturated carbocycles. The van der Waals surface area contributed by atoms with Crippen molar-refractivity contribution >= 4 is 21.7 Å². The Kier molecular flexibility index (Phi) is 4.83. The minimum Gasteiger partial charge on any atom is -0.502 e. The molecule has 0 aliphatic carbocycles. The van der Waals surface area contributed by atoms with Gasteiger partial charge in [-0.2, -0.15) is 4.72 Å². The van der Waals surface area contributed by atoms with Gasteiger partial charge in [0.25, 0.3) is 0 Å². The maximum atomic E-state index is 11.9. The summed E-state index contributed by atoms with van der Waals surface area (Å²) in [4.78, 5) is 19.9. The molecule has 0 saturated heterocycles. The van der Waals surface area contributed by atoms with E-state index in [-0.39, 0.29) is 0 Å². The Bertz CT molecular complexity index is 670. The van der Waals surface area contributed by atoms with Gasteiger partial charge in [-0.25, -0.2) is 8.42 Å². The summed E-state index contributed by atoms with van der Waals surface area (Å²) in [5, 5.41) is 37.9. The van der Waals surface area contributed by atoms with E-state index in [0.29, 0.717) is 6.07 Å². The largest absolute Gasteiger partial charge is 0.502 e. The third-order valence-corrected chi connectivity index (χ3v) is 3.92. The zero-order valence-electron chi connectivity index (χ0n) is 10.6. The molecule has 1 aromatic rings. The predicted molar refractivity (Wildman–Crippen MR) is 68.2 cm³/mol. The number of nitrogens with zero attached hydrogens (tertiary/aromatic N) is 1. The van der Waals surface area contributed by atoms with Crippen molar-refractivity contribution in [2.75, 3.05) is 0 Å². The van der Waals surface area contributed by atoms with Crippen molar-refractivity contribution in [1.29, 1.82) is 0 Å². The van der Waals surface area contributed by atoms with Gasteiger partial charge in [-0.05, 0) is 19.1 Å². The second-order valence-corrected chi connectivity index (χ2v) is 5.80. The Morgan fingerprint density at radius 1 is 1.43 bits per heavy atom. The highest BCUT2D eigenvalue weighted by Gasteiger charge is 2.30. The first kappa shape index (κ1) is 16.8. The van der Waals surface area contributed by atoms with Crippen LogP contribution in [0.25, 0.3) is 0 Å². The topological polar surface area (TPSA) is 167 Å². The molecule has 11 heteroatoms. The number of phenols is 1. The van der Waals surface area contributed by atoms with E-state index in [4.69, 9.17) is 5.11 Å². The van der Waals surface area contributed by atoms with Crippen LogP contribution >= 0.6 is 0 Å². The zero-order chi connectivity index (χ0) is 16.4. The summed E-state index contributed by atoms with van der Waals surface area (Å²) < 4.78 is 25.6. The molecule has 0 unspecified atom stereocenters. The molecule has 0 aliphatic rings. The fourth-order valence-corrected chi connectivity index (χ4v) is 2.69. The molecule has 0 fully saturated rings. The lowest BCUT2D eigenvalue weighted by Gasteiger charge is -2.17. The first-order valence-electron chi connectivity index (χ1n) is 5.47. The van der Waals surface area contributed by atoms with Crippen LogP contribution in [-0.2, 0) is 14.8 Å². The summed E-state index contributed by atoms with van der Waals surface area (Å²) >= 11 is 0. The SMILES string of the molecule is C[C@@H](O)[C@H](NS(=O)(=O)c1ccc(O)c([N+](=O)[O-])c1)C(=O)O. The molecular formula is C10H12N2O8S. The average Bonchev–Trinajstić information content (AvgIpc) is 2.35. The van der Waals surface area contributed by atoms with Crippen LogP contribution in [-0.4, -0.2) is 46.8 Å². The molecule has 0 heterocycles. The van der Waals surface area contributed by atoms with E-state index in [1.54, 1.807) is 4.72 Å². The summed E-state index contributed by atoms with van der Waals surface area (Å²) in [6.45, 7) is 1.07. The molecule has 1 aromatic carbocycles. The molecule has 4 N–H and O–H groups in total. The van der Waals surface area contributed by atoms with Crippen LogP contribution < -0.4 is 4.72 Å². The number of aliphatic carboxylic acids is 1. The number of rotatable bonds is 6. The number of phenolic OH excluding ortho intramolecular Hbond substituents is 1. The number of sulfonamides is 1. The van der Waals surface area contributed by atoms with Crippen molar-refractivity contribution in [2.45, 2.75) is 24.0 Å². The summed E-state index contributed by atoms with van der Waals surface area (Å²) in [7, 11) is -4.43. The summed E-state index contributed by atoms with van der Waals surface area (Å²) in [6.07, 6.45) is -1.52. The third-order valence-electron chi connectivity index (χ3n) is 2.48. The predicted octanol–water partition coefficient (Wildman–Crippen LogP) is -0.587. The molecule has 21 heavy (non-hydrogen) atoms. The standard InChI is InChI=1S/C10H12N2O8S/c1-5(13)9(10(15)16)11-21(19,20)6-2-3-8(14)7(4-6)12(17)18/h2-5,9,11,13-14H,1H3,(H,15,16)/t5-,9+/m1/s1. The molecule has 10 nitrogen and oxygen atoms in total. The molecule has 0 radical (unpaired) electrons. The Morgan fingerprint density at radius 2 is 2.00 bits per heavy atom. The van der Waals surface area contributed by atoms with E-state index in [1.165, 1.54) is 0 Å². The highest BCUT2D eigenvalue weighted by Crippen LogP contribution is 2.28. The van der Waals surface area contributed by atoms with Gasteiger partial charge < -0.3 is 15.3 Å². The van der Waals surface area contributed by atoms with E-state index >= 15 is 0 Å². The van der Waals surface area contributed by atoms with Crippen LogP contribution in [0.3, 0.4) is 0 Å². The van der Waals surface area contributed by atoms with Crippen LogP contribution in [0.15, 0.2) is 23.1 Å². The van der Waals surface area contributed by atoms with Crippen LogP contribution in [0.4, 0.5) is 5.69 Å². The molecule has 1 rings (SSSR count). The number of hydrogen-bond acceptors (Lipinski definition) is 7. The van der Waals surface area contributed by atoms with Gasteiger partial charge in [0, 0.05) is 6.07 Å². The molecule has 2 atom stereocenters. The number of benzene rings is 1. The van der Waals surface area contributed by atoms with Gasteiger partial charge in [0.05, 0.1) is 15.9 Å². The molecule has 116 valence electrons. The number of carboxylic acid groups (broad SMARTS) is 1. The first-order valence-corrected chi connectivity index (χ1v) is 6.95. The third kappa shape index (κ3) is 3.87. The molecule has 0 spiro atoms. The van der Waals surface area contributed by atoms with E-state index in [1.807, 2.05) is 0 Å². The lowest BCUT2D eigenvalue weighted by molar-refractivity contribution is -0.386. The van der Waals surface area contributed by atoms with Crippen LogP contribution in [0.2, 0.25) is 0 Å². The average molecular weight is 320 g/mol. The number of aromatic hydroxyl groups is 1. The van der Waals surface area contributed by atoms with Crippen molar-refractivity contribution in [2.24, 2.45) is 0 Å². The van der Waals surface area contributed by atoms with Crippen LogP contribution in [0.1, 0.15) is 6.92 Å². The Balaban J connectivity index is 3.22. The number of carboxylic acids is 1. The minimum atomic E-state index is -4.43. The van der Waals surface area contributed by atoms with Crippen molar-refractivity contribution in [3.05, 3.63) is 28.3 Å². The van der Waals surface area contributed by atoms with Crippen molar-refractivity contribution < 1.29 is 33.5 Å². The van der Waals surface area contributed by atoms with E-state index < -0.39 is 49.4 Å². The molecule has 0 aromatic heterocycles. The summed E-state index contributed by atoms with van der Waals surface area (Å²) in [5.74, 6) is -2.34. The van der Waals surface area contributed by atoms with Crippen molar-refractivity contribution in [1.82, 2.24) is 4.72 Å². The van der Waals surface area contributed by atoms with Crippen LogP contribution in [0.5, 0.6) is 5.75 Å². The van der Waals surface area contributed by atoms with E-state index in [0.717, 1.165) is 19.1 Å². The quantitative estimate of drug-likeness (QED) is 0.398. The first-order chi connectivity index (χ1) is 9.56. The number of hydrogen-bond donors (Lipinski definition) is 4. The van der Waals surface area contributed by atoms with Gasteiger partial charge in [0.15, 0.2) is 5.75 Å². The van der Waals surface area contributed by atoms with Gasteiger partial charge in [-0.1, -0.05) is 0 Å². The monoisotopic (exact) mass is 320 g/mol. The number of nitro groups is 1. The summed E-state index contributed by atoms with van der Waals surface area (Å²) in [5.41, 5.74) is -0.846. The number of aliphatic hydroxyl groups is 1.